The SMILES string of the molecule is CN(C)[C@H]1C(=O)C(C(N)=O)=C(O)[C@]2(O)C(=O)C3=C(O)c4c(O)ccc(CCCc5ccc[nH]5)c4C[C@@H]3C[C@@H]12. The highest BCUT2D eigenvalue weighted by atomic mass is 16.3. The maximum Gasteiger partial charge on any atom is 0.255 e. The first-order valence-corrected chi connectivity index (χ1v) is 12.6. The van der Waals surface area contributed by atoms with Gasteiger partial charge in [0.15, 0.2) is 11.4 Å². The lowest BCUT2D eigenvalue weighted by Gasteiger charge is -2.50. The number of nitrogens with zero attached hydrogens (tertiary/aromatic N) is 1. The number of likely N-dealkylation sites (N-methyl/N-ethyl adjacent to an activating group) is 1. The van der Waals surface area contributed by atoms with Gasteiger partial charge in [-0.25, -0.2) is 0 Å². The number of carbonyl (C=O) groups excluding carboxylic acids is 3. The Morgan fingerprint density at radius 3 is 2.53 bits per heavy atom. The van der Waals surface area contributed by atoms with Crippen molar-refractivity contribution in [2.45, 2.75) is 43.7 Å². The van der Waals surface area contributed by atoms with Gasteiger partial charge in [-0.1, -0.05) is 6.07 Å². The number of nitrogens with two attached hydrogens (primary N) is 1. The number of nitrogens with one attached hydrogen (secondary N) is 1. The van der Waals surface area contributed by atoms with Crippen molar-refractivity contribution in [1.29, 1.82) is 0 Å². The number of H-pyrrole nitrogens is 1. The number of hydrogen-bond acceptors (Lipinski definition) is 8. The molecule has 5 rings (SSSR count). The Morgan fingerprint density at radius 2 is 1.89 bits per heavy atom. The lowest BCUT2D eigenvalue weighted by molar-refractivity contribution is -0.153. The lowest BCUT2D eigenvalue weighted by Crippen LogP contribution is -2.65. The number of aromatic amines is 1. The number of aromatic hydroxyl groups is 1. The number of primary amides is 1. The molecule has 4 atom stereocenters. The van der Waals surface area contributed by atoms with Crippen LogP contribution in [0.4, 0.5) is 0 Å². The van der Waals surface area contributed by atoms with Gasteiger partial charge in [-0.15, -0.1) is 0 Å². The number of hydrogen-bond donors (Lipinski definition) is 6. The molecule has 1 fully saturated rings. The van der Waals surface area contributed by atoms with Crippen molar-refractivity contribution >= 4 is 23.2 Å². The van der Waals surface area contributed by atoms with Crippen LogP contribution in [0.25, 0.3) is 5.76 Å². The van der Waals surface area contributed by atoms with Crippen LogP contribution in [0.15, 0.2) is 47.4 Å². The molecular weight excluding hydrogens is 490 g/mol. The summed E-state index contributed by atoms with van der Waals surface area (Å²) in [6, 6.07) is 6.11. The molecule has 7 N–H and O–H groups in total. The van der Waals surface area contributed by atoms with Gasteiger partial charge in [0, 0.05) is 23.4 Å². The highest BCUT2D eigenvalue weighted by molar-refractivity contribution is 6.24. The minimum absolute atomic E-state index is 0.0728. The molecule has 0 unspecified atom stereocenters. The Hall–Kier alpha value is -3.89. The third kappa shape index (κ3) is 3.66. The number of Topliss-reactive ketones (excluding diaryl/α,β-unsaturated/α-hetero) is 2. The van der Waals surface area contributed by atoms with Crippen LogP contribution in [0.2, 0.25) is 0 Å². The summed E-state index contributed by atoms with van der Waals surface area (Å²) in [7, 11) is 3.15. The second-order valence-electron chi connectivity index (χ2n) is 10.6. The van der Waals surface area contributed by atoms with Gasteiger partial charge in [0.05, 0.1) is 11.6 Å². The van der Waals surface area contributed by atoms with Gasteiger partial charge in [-0.3, -0.25) is 19.3 Å². The first-order valence-electron chi connectivity index (χ1n) is 12.6. The van der Waals surface area contributed by atoms with Crippen LogP contribution in [0.5, 0.6) is 5.75 Å². The first-order chi connectivity index (χ1) is 18.0. The summed E-state index contributed by atoms with van der Waals surface area (Å²) < 4.78 is 0. The van der Waals surface area contributed by atoms with E-state index in [1.807, 2.05) is 24.4 Å². The van der Waals surface area contributed by atoms with E-state index in [0.717, 1.165) is 24.1 Å². The number of rotatable bonds is 6. The second kappa shape index (κ2) is 9.14. The number of aliphatic hydroxyl groups excluding tert-OH is 2. The van der Waals surface area contributed by atoms with E-state index in [0.29, 0.717) is 18.4 Å². The minimum Gasteiger partial charge on any atom is -0.508 e. The van der Waals surface area contributed by atoms with Crippen molar-refractivity contribution in [3.63, 3.8) is 0 Å². The molecule has 0 saturated heterocycles. The summed E-state index contributed by atoms with van der Waals surface area (Å²) in [5.74, 6) is -6.46. The smallest absolute Gasteiger partial charge is 0.255 e. The van der Waals surface area contributed by atoms with E-state index in [1.54, 1.807) is 14.1 Å². The minimum atomic E-state index is -2.63. The fraction of sp³-hybridized carbons (Fsp3) is 0.393. The standard InChI is InChI=1S/C28H31N3O7/c1-31(2)22-17-12-14-11-16-13(5-3-6-15-7-4-10-30-15)8-9-18(32)20(16)23(33)19(14)25(35)28(17,38)26(36)21(24(22)34)27(29)37/h4,7-10,14,17,22,30,32-33,36,38H,3,5-6,11-12H2,1-2H3,(H2,29,37)/t14-,17+,22-,28-/m1/s1. The number of amides is 1. The van der Waals surface area contributed by atoms with Gasteiger partial charge < -0.3 is 31.1 Å². The summed E-state index contributed by atoms with van der Waals surface area (Å²) in [6.45, 7) is 0. The quantitative estimate of drug-likeness (QED) is 0.310. The van der Waals surface area contributed by atoms with E-state index in [-0.39, 0.29) is 23.3 Å². The summed E-state index contributed by atoms with van der Waals surface area (Å²) in [5.41, 5.74) is 4.61. The van der Waals surface area contributed by atoms with Crippen molar-refractivity contribution in [3.05, 3.63) is 69.8 Å². The van der Waals surface area contributed by atoms with Gasteiger partial charge in [0.2, 0.25) is 5.78 Å². The van der Waals surface area contributed by atoms with E-state index < -0.39 is 58.0 Å². The molecule has 1 heterocycles. The Morgan fingerprint density at radius 1 is 1.16 bits per heavy atom. The van der Waals surface area contributed by atoms with Crippen molar-refractivity contribution in [1.82, 2.24) is 9.88 Å². The molecule has 200 valence electrons. The fourth-order valence-corrected chi connectivity index (χ4v) is 6.53. The number of phenols is 1. The third-order valence-corrected chi connectivity index (χ3v) is 8.26. The average Bonchev–Trinajstić information content (AvgIpc) is 3.36. The van der Waals surface area contributed by atoms with Crippen molar-refractivity contribution in [3.8, 4) is 5.75 Å². The van der Waals surface area contributed by atoms with Crippen LogP contribution >= 0.6 is 0 Å². The van der Waals surface area contributed by atoms with Gasteiger partial charge in [-0.2, -0.15) is 0 Å². The van der Waals surface area contributed by atoms with E-state index in [9.17, 15) is 34.8 Å². The van der Waals surface area contributed by atoms with Crippen molar-refractivity contribution in [2.24, 2.45) is 17.6 Å². The predicted molar refractivity (Wildman–Crippen MR) is 137 cm³/mol. The molecule has 1 aromatic heterocycles. The molecule has 0 radical (unpaired) electrons. The Balaban J connectivity index is 1.60. The highest BCUT2D eigenvalue weighted by Crippen LogP contribution is 2.53. The molecule has 1 amide bonds. The molecule has 10 heteroatoms. The summed E-state index contributed by atoms with van der Waals surface area (Å²) >= 11 is 0. The van der Waals surface area contributed by atoms with E-state index in [4.69, 9.17) is 5.73 Å². The van der Waals surface area contributed by atoms with Gasteiger partial charge in [0.25, 0.3) is 5.91 Å². The number of aliphatic hydroxyl groups is 3. The molecule has 3 aliphatic rings. The number of ketones is 2. The highest BCUT2D eigenvalue weighted by Gasteiger charge is 2.64. The topological polar surface area (TPSA) is 177 Å². The molecule has 10 nitrogen and oxygen atoms in total. The molecule has 0 spiro atoms. The van der Waals surface area contributed by atoms with Crippen LogP contribution in [0, 0.1) is 11.8 Å². The summed E-state index contributed by atoms with van der Waals surface area (Å²) in [5, 5.41) is 44.5. The molecule has 2 aromatic rings. The molecule has 1 saturated carbocycles. The second-order valence-corrected chi connectivity index (χ2v) is 10.6. The number of carbonyl (C=O) groups is 3. The van der Waals surface area contributed by atoms with Crippen molar-refractivity contribution in [2.75, 3.05) is 14.1 Å². The zero-order chi connectivity index (χ0) is 27.5. The molecule has 0 aliphatic heterocycles. The monoisotopic (exact) mass is 521 g/mol. The maximum absolute atomic E-state index is 13.9. The maximum atomic E-state index is 13.9. The van der Waals surface area contributed by atoms with Crippen LogP contribution in [-0.2, 0) is 33.6 Å². The van der Waals surface area contributed by atoms with Crippen LogP contribution < -0.4 is 5.73 Å². The Labute approximate surface area is 219 Å². The number of phenolic OH excluding ortho intramolecular Hbond substituents is 1. The lowest BCUT2D eigenvalue weighted by atomic mass is 9.57. The third-order valence-electron chi connectivity index (χ3n) is 8.26. The Bertz CT molecular complexity index is 1410. The normalized spacial score (nSPS) is 26.9. The van der Waals surface area contributed by atoms with Gasteiger partial charge in [0.1, 0.15) is 22.8 Å². The number of aromatic nitrogens is 1. The number of aryl methyl sites for hydroxylation is 2. The van der Waals surface area contributed by atoms with Crippen LogP contribution in [0.3, 0.4) is 0 Å². The van der Waals surface area contributed by atoms with E-state index in [2.05, 4.69) is 4.98 Å². The molecule has 3 aliphatic carbocycles. The van der Waals surface area contributed by atoms with Crippen LogP contribution in [-0.4, -0.2) is 73.5 Å². The zero-order valence-electron chi connectivity index (χ0n) is 21.2. The zero-order valence-corrected chi connectivity index (χ0v) is 21.2. The molecule has 1 aromatic carbocycles. The molecule has 38 heavy (non-hydrogen) atoms. The number of benzene rings is 1. The van der Waals surface area contributed by atoms with E-state index >= 15 is 0 Å². The van der Waals surface area contributed by atoms with Crippen molar-refractivity contribution < 1.29 is 34.8 Å². The fourth-order valence-electron chi connectivity index (χ4n) is 6.53. The summed E-state index contributed by atoms with van der Waals surface area (Å²) in [4.78, 5) is 43.8. The Kier molecular flexibility index (Phi) is 6.19. The van der Waals surface area contributed by atoms with E-state index in [1.165, 1.54) is 11.0 Å². The van der Waals surface area contributed by atoms with Crippen LogP contribution in [0.1, 0.15) is 35.2 Å². The number of fused-ring (bicyclic) bond motifs is 3. The summed E-state index contributed by atoms with van der Waals surface area (Å²) in [6.07, 6.45) is 4.52. The first kappa shape index (κ1) is 25.7. The predicted octanol–water partition coefficient (Wildman–Crippen LogP) is 1.47. The molecular formula is C28H31N3O7. The van der Waals surface area contributed by atoms with Gasteiger partial charge >= 0.3 is 0 Å². The largest absolute Gasteiger partial charge is 0.508 e. The average molecular weight is 522 g/mol. The molecule has 0 bridgehead atoms. The van der Waals surface area contributed by atoms with Gasteiger partial charge in [-0.05, 0) is 81.4 Å².